The molecule has 0 aromatic carbocycles. The molecule has 2 aliphatic heterocycles. The zero-order valence-corrected chi connectivity index (χ0v) is 12.2. The standard InChI is InChI=1S/C12H25O5P/c1-3-11(5-16-6-11)9-18(13,14,15)10-12(4-2)7-17-8-12/h13-15H,3-10H2,1-2H3. The quantitative estimate of drug-likeness (QED) is 0.635. The van der Waals surface area contributed by atoms with Crippen LogP contribution in [0.25, 0.3) is 0 Å². The molecule has 0 unspecified atom stereocenters. The van der Waals surface area contributed by atoms with Crippen molar-refractivity contribution in [2.45, 2.75) is 26.7 Å². The first kappa shape index (κ1) is 14.6. The Balaban J connectivity index is 2.06. The second-order valence-corrected chi connectivity index (χ2v) is 9.66. The first-order valence-corrected chi connectivity index (χ1v) is 9.09. The van der Waals surface area contributed by atoms with Crippen LogP contribution in [0.3, 0.4) is 0 Å². The molecule has 108 valence electrons. The molecule has 0 spiro atoms. The molecule has 5 nitrogen and oxygen atoms in total. The first-order valence-electron chi connectivity index (χ1n) is 6.63. The summed E-state index contributed by atoms with van der Waals surface area (Å²) in [5, 5.41) is 0. The molecule has 2 fully saturated rings. The molecule has 0 bridgehead atoms. The van der Waals surface area contributed by atoms with E-state index in [4.69, 9.17) is 9.47 Å². The Hall–Kier alpha value is 0.230. The Labute approximate surface area is 108 Å². The maximum atomic E-state index is 10.4. The van der Waals surface area contributed by atoms with Crippen molar-refractivity contribution in [2.75, 3.05) is 38.8 Å². The predicted molar refractivity (Wildman–Crippen MR) is 70.4 cm³/mol. The van der Waals surface area contributed by atoms with Crippen molar-refractivity contribution in [2.24, 2.45) is 10.8 Å². The normalized spacial score (nSPS) is 27.7. The zero-order chi connectivity index (χ0) is 13.5. The Kier molecular flexibility index (Phi) is 3.55. The summed E-state index contributed by atoms with van der Waals surface area (Å²) >= 11 is 0. The van der Waals surface area contributed by atoms with Crippen LogP contribution in [0.1, 0.15) is 26.7 Å². The van der Waals surface area contributed by atoms with Gasteiger partial charge >= 0.3 is 108 Å². The Morgan fingerprint density at radius 3 is 1.33 bits per heavy atom. The number of hydrogen-bond acceptors (Lipinski definition) is 5. The van der Waals surface area contributed by atoms with Crippen molar-refractivity contribution in [1.29, 1.82) is 0 Å². The van der Waals surface area contributed by atoms with E-state index in [-0.39, 0.29) is 23.2 Å². The van der Waals surface area contributed by atoms with Gasteiger partial charge in [-0.25, -0.2) is 0 Å². The van der Waals surface area contributed by atoms with Crippen LogP contribution in [-0.4, -0.2) is 53.4 Å². The van der Waals surface area contributed by atoms with Crippen LogP contribution in [0.4, 0.5) is 0 Å². The van der Waals surface area contributed by atoms with Gasteiger partial charge in [0.15, 0.2) is 0 Å². The van der Waals surface area contributed by atoms with E-state index in [9.17, 15) is 14.7 Å². The second-order valence-electron chi connectivity index (χ2n) is 6.35. The summed E-state index contributed by atoms with van der Waals surface area (Å²) in [6.07, 6.45) is 1.72. The zero-order valence-electron chi connectivity index (χ0n) is 11.3. The summed E-state index contributed by atoms with van der Waals surface area (Å²) in [5.74, 6) is 0. The van der Waals surface area contributed by atoms with Crippen LogP contribution >= 0.6 is 7.28 Å². The molecule has 0 aromatic heterocycles. The van der Waals surface area contributed by atoms with Gasteiger partial charge in [0.05, 0.1) is 0 Å². The van der Waals surface area contributed by atoms with Crippen LogP contribution in [-0.2, 0) is 9.47 Å². The summed E-state index contributed by atoms with van der Waals surface area (Å²) in [4.78, 5) is 31.1. The van der Waals surface area contributed by atoms with Crippen molar-refractivity contribution < 1.29 is 24.2 Å². The fraction of sp³-hybridized carbons (Fsp3) is 1.00. The van der Waals surface area contributed by atoms with E-state index in [1.54, 1.807) is 0 Å². The molecule has 18 heavy (non-hydrogen) atoms. The fourth-order valence-corrected chi connectivity index (χ4v) is 6.70. The van der Waals surface area contributed by atoms with Gasteiger partial charge in [0.2, 0.25) is 0 Å². The minimum absolute atomic E-state index is 0.0663. The van der Waals surface area contributed by atoms with Gasteiger partial charge in [0.1, 0.15) is 0 Å². The van der Waals surface area contributed by atoms with E-state index in [2.05, 4.69) is 0 Å². The third kappa shape index (κ3) is 2.87. The van der Waals surface area contributed by atoms with E-state index < -0.39 is 7.28 Å². The van der Waals surface area contributed by atoms with Crippen LogP contribution in [0.2, 0.25) is 0 Å². The van der Waals surface area contributed by atoms with E-state index in [0.29, 0.717) is 26.4 Å². The number of ether oxygens (including phenoxy) is 2. The first-order chi connectivity index (χ1) is 8.22. The van der Waals surface area contributed by atoms with E-state index in [0.717, 1.165) is 12.8 Å². The summed E-state index contributed by atoms with van der Waals surface area (Å²) in [6.45, 7) is 6.04. The molecular weight excluding hydrogens is 255 g/mol. The molecule has 0 amide bonds. The maximum absolute atomic E-state index is 10.4. The average molecular weight is 280 g/mol. The van der Waals surface area contributed by atoms with Crippen molar-refractivity contribution in [3.05, 3.63) is 0 Å². The number of rotatable bonds is 6. The molecule has 3 N–H and O–H groups in total. The molecule has 2 heterocycles. The van der Waals surface area contributed by atoms with Gasteiger partial charge in [-0.3, -0.25) is 0 Å². The van der Waals surface area contributed by atoms with Crippen molar-refractivity contribution >= 4 is 7.28 Å². The Morgan fingerprint density at radius 1 is 0.833 bits per heavy atom. The molecule has 0 aromatic rings. The Bertz CT molecular complexity index is 275. The third-order valence-corrected chi connectivity index (χ3v) is 7.09. The topological polar surface area (TPSA) is 79.2 Å². The molecule has 2 saturated heterocycles. The van der Waals surface area contributed by atoms with Gasteiger partial charge in [0.25, 0.3) is 0 Å². The van der Waals surface area contributed by atoms with Gasteiger partial charge < -0.3 is 0 Å². The van der Waals surface area contributed by atoms with E-state index in [1.165, 1.54) is 0 Å². The van der Waals surface area contributed by atoms with Crippen LogP contribution < -0.4 is 0 Å². The summed E-state index contributed by atoms with van der Waals surface area (Å²) < 4.78 is 10.4. The van der Waals surface area contributed by atoms with E-state index in [1.807, 2.05) is 13.8 Å². The van der Waals surface area contributed by atoms with Gasteiger partial charge in [0, 0.05) is 0 Å². The molecule has 0 saturated carbocycles. The average Bonchev–Trinajstić information content (AvgIpc) is 2.17. The third-order valence-electron chi connectivity index (χ3n) is 4.45. The molecule has 0 aliphatic carbocycles. The monoisotopic (exact) mass is 280 g/mol. The van der Waals surface area contributed by atoms with Gasteiger partial charge in [-0.15, -0.1) is 0 Å². The van der Waals surface area contributed by atoms with E-state index >= 15 is 0 Å². The summed E-state index contributed by atoms with van der Waals surface area (Å²) in [7, 11) is -4.59. The molecule has 6 heteroatoms. The molecule has 0 radical (unpaired) electrons. The number of hydrogen-bond donors (Lipinski definition) is 3. The van der Waals surface area contributed by atoms with Crippen molar-refractivity contribution in [3.8, 4) is 0 Å². The Morgan fingerprint density at radius 2 is 1.17 bits per heavy atom. The van der Waals surface area contributed by atoms with Crippen LogP contribution in [0, 0.1) is 10.8 Å². The van der Waals surface area contributed by atoms with Crippen LogP contribution in [0.5, 0.6) is 0 Å². The molecule has 0 atom stereocenters. The SMILES string of the molecule is CCC1(CP(O)(O)(O)CC2(CC)COC2)COC1. The molecular formula is C12H25O5P. The van der Waals surface area contributed by atoms with Gasteiger partial charge in [-0.2, -0.15) is 0 Å². The molecule has 2 rings (SSSR count). The second kappa shape index (κ2) is 4.37. The molecule has 2 aliphatic rings. The summed E-state index contributed by atoms with van der Waals surface area (Å²) in [6, 6.07) is 0. The minimum atomic E-state index is -4.59. The van der Waals surface area contributed by atoms with Crippen molar-refractivity contribution in [1.82, 2.24) is 0 Å². The van der Waals surface area contributed by atoms with Crippen molar-refractivity contribution in [3.63, 3.8) is 0 Å². The van der Waals surface area contributed by atoms with Gasteiger partial charge in [-0.05, 0) is 0 Å². The van der Waals surface area contributed by atoms with Gasteiger partial charge in [-0.1, -0.05) is 0 Å². The fourth-order valence-electron chi connectivity index (χ4n) is 3.03. The van der Waals surface area contributed by atoms with Crippen LogP contribution in [0.15, 0.2) is 0 Å². The summed E-state index contributed by atoms with van der Waals surface area (Å²) in [5.41, 5.74) is -0.509. The predicted octanol–water partition coefficient (Wildman–Crippen LogP) is 1.11.